The van der Waals surface area contributed by atoms with Crippen molar-refractivity contribution in [3.63, 3.8) is 0 Å². The third-order valence-corrected chi connectivity index (χ3v) is 4.26. The van der Waals surface area contributed by atoms with Crippen molar-refractivity contribution in [2.24, 2.45) is 0 Å². The van der Waals surface area contributed by atoms with Gasteiger partial charge in [-0.1, -0.05) is 47.5 Å². The number of rotatable bonds is 6. The lowest BCUT2D eigenvalue weighted by molar-refractivity contribution is -0.181. The molecule has 0 aromatic heterocycles. The molecular formula is C18H17Cl2FO4. The molecule has 134 valence electrons. The molecule has 0 aliphatic heterocycles. The Labute approximate surface area is 154 Å². The van der Waals surface area contributed by atoms with Gasteiger partial charge in [-0.15, -0.1) is 0 Å². The molecule has 2 N–H and O–H groups in total. The van der Waals surface area contributed by atoms with Crippen LogP contribution in [0.25, 0.3) is 0 Å². The first-order chi connectivity index (χ1) is 11.8. The highest BCUT2D eigenvalue weighted by Gasteiger charge is 2.54. The number of carbonyl (C=O) groups excluding carboxylic acids is 1. The van der Waals surface area contributed by atoms with Crippen LogP contribution in [0.3, 0.4) is 0 Å². The number of hydrogen-bond acceptors (Lipinski definition) is 4. The minimum absolute atomic E-state index is 0.0768. The fraction of sp³-hybridized carbons (Fsp3) is 0.278. The SMILES string of the molecule is CCOC(=O)C(F)([C@H](O)c1ccc(Cl)cc1)[C@H](O)c1ccc(Cl)cc1. The Morgan fingerprint density at radius 3 is 1.68 bits per heavy atom. The number of benzene rings is 2. The first kappa shape index (κ1) is 19.7. The minimum atomic E-state index is -3.11. The van der Waals surface area contributed by atoms with Gasteiger partial charge in [-0.05, 0) is 42.3 Å². The summed E-state index contributed by atoms with van der Waals surface area (Å²) in [5, 5.41) is 21.8. The first-order valence-electron chi connectivity index (χ1n) is 7.53. The maximum Gasteiger partial charge on any atom is 0.350 e. The van der Waals surface area contributed by atoms with Gasteiger partial charge in [0.15, 0.2) is 0 Å². The number of hydrogen-bond donors (Lipinski definition) is 2. The predicted molar refractivity (Wildman–Crippen MR) is 93.3 cm³/mol. The molecule has 0 fully saturated rings. The maximum atomic E-state index is 15.7. The average Bonchev–Trinajstić information content (AvgIpc) is 2.61. The van der Waals surface area contributed by atoms with Crippen molar-refractivity contribution >= 4 is 29.2 Å². The van der Waals surface area contributed by atoms with Crippen LogP contribution in [-0.4, -0.2) is 28.5 Å². The van der Waals surface area contributed by atoms with Crippen LogP contribution in [0.5, 0.6) is 0 Å². The molecule has 25 heavy (non-hydrogen) atoms. The number of alkyl halides is 1. The van der Waals surface area contributed by atoms with Gasteiger partial charge in [0.25, 0.3) is 5.67 Å². The second-order valence-electron chi connectivity index (χ2n) is 5.40. The lowest BCUT2D eigenvalue weighted by Gasteiger charge is -2.32. The van der Waals surface area contributed by atoms with E-state index in [1.807, 2.05) is 0 Å². The molecule has 0 saturated carbocycles. The Bertz CT molecular complexity index is 667. The molecule has 2 atom stereocenters. The number of aliphatic hydroxyl groups excluding tert-OH is 2. The second-order valence-corrected chi connectivity index (χ2v) is 6.27. The van der Waals surface area contributed by atoms with E-state index in [1.54, 1.807) is 0 Å². The summed E-state index contributed by atoms with van der Waals surface area (Å²) in [6.07, 6.45) is -3.93. The van der Waals surface area contributed by atoms with Gasteiger partial charge < -0.3 is 14.9 Å². The Morgan fingerprint density at radius 2 is 1.36 bits per heavy atom. The van der Waals surface area contributed by atoms with Crippen LogP contribution >= 0.6 is 23.2 Å². The molecule has 0 heterocycles. The van der Waals surface area contributed by atoms with Gasteiger partial charge >= 0.3 is 5.97 Å². The van der Waals surface area contributed by atoms with Gasteiger partial charge in [-0.3, -0.25) is 0 Å². The number of halogens is 3. The van der Waals surface area contributed by atoms with Gasteiger partial charge in [0.1, 0.15) is 12.2 Å². The molecule has 4 nitrogen and oxygen atoms in total. The van der Waals surface area contributed by atoms with Crippen molar-refractivity contribution in [2.45, 2.75) is 24.8 Å². The molecule has 0 aliphatic carbocycles. The van der Waals surface area contributed by atoms with Crippen LogP contribution in [0.1, 0.15) is 30.3 Å². The monoisotopic (exact) mass is 386 g/mol. The van der Waals surface area contributed by atoms with Crippen molar-refractivity contribution in [3.8, 4) is 0 Å². The van der Waals surface area contributed by atoms with Crippen molar-refractivity contribution in [1.82, 2.24) is 0 Å². The number of aliphatic hydroxyl groups is 2. The first-order valence-corrected chi connectivity index (χ1v) is 8.29. The zero-order chi connectivity index (χ0) is 18.6. The molecule has 0 spiro atoms. The Kier molecular flexibility index (Phi) is 6.41. The van der Waals surface area contributed by atoms with Crippen LogP contribution in [0.2, 0.25) is 10.0 Å². The maximum absolute atomic E-state index is 15.7. The number of carbonyl (C=O) groups is 1. The lowest BCUT2D eigenvalue weighted by atomic mass is 9.84. The summed E-state index contributed by atoms with van der Waals surface area (Å²) in [7, 11) is 0. The number of esters is 1. The van der Waals surface area contributed by atoms with Crippen molar-refractivity contribution in [1.29, 1.82) is 0 Å². The predicted octanol–water partition coefficient (Wildman–Crippen LogP) is 4.03. The van der Waals surface area contributed by atoms with E-state index in [4.69, 9.17) is 27.9 Å². The largest absolute Gasteiger partial charge is 0.463 e. The molecule has 0 aliphatic rings. The van der Waals surface area contributed by atoms with Crippen LogP contribution in [-0.2, 0) is 9.53 Å². The molecule has 2 aromatic rings. The van der Waals surface area contributed by atoms with E-state index in [2.05, 4.69) is 0 Å². The fourth-order valence-corrected chi connectivity index (χ4v) is 2.64. The average molecular weight is 387 g/mol. The van der Waals surface area contributed by atoms with E-state index in [1.165, 1.54) is 55.5 Å². The summed E-state index contributed by atoms with van der Waals surface area (Å²) in [6.45, 7) is 1.40. The Morgan fingerprint density at radius 1 is 1.00 bits per heavy atom. The van der Waals surface area contributed by atoms with Crippen LogP contribution < -0.4 is 0 Å². The Hall–Kier alpha value is -1.66. The summed E-state index contributed by atoms with van der Waals surface area (Å²) in [4.78, 5) is 12.3. The summed E-state index contributed by atoms with van der Waals surface area (Å²) < 4.78 is 20.4. The van der Waals surface area contributed by atoms with Gasteiger partial charge in [0.2, 0.25) is 0 Å². The quantitative estimate of drug-likeness (QED) is 0.735. The summed E-state index contributed by atoms with van der Waals surface area (Å²) in [6, 6.07) is 11.3. The highest BCUT2D eigenvalue weighted by Crippen LogP contribution is 2.41. The molecule has 0 radical (unpaired) electrons. The van der Waals surface area contributed by atoms with Gasteiger partial charge in [-0.25, -0.2) is 9.18 Å². The van der Waals surface area contributed by atoms with Crippen molar-refractivity contribution in [3.05, 3.63) is 69.7 Å². The van der Waals surface area contributed by atoms with E-state index >= 15 is 4.39 Å². The van der Waals surface area contributed by atoms with Crippen LogP contribution in [0, 0.1) is 0 Å². The van der Waals surface area contributed by atoms with Crippen LogP contribution in [0.15, 0.2) is 48.5 Å². The summed E-state index contributed by atoms with van der Waals surface area (Å²) in [5.74, 6) is -1.36. The fourth-order valence-electron chi connectivity index (χ4n) is 2.39. The molecule has 0 saturated heterocycles. The zero-order valence-electron chi connectivity index (χ0n) is 13.3. The van der Waals surface area contributed by atoms with Gasteiger partial charge in [0.05, 0.1) is 6.61 Å². The second kappa shape index (κ2) is 8.15. The van der Waals surface area contributed by atoms with Crippen molar-refractivity contribution < 1.29 is 24.1 Å². The smallest absolute Gasteiger partial charge is 0.350 e. The third kappa shape index (κ3) is 4.12. The molecule has 0 unspecified atom stereocenters. The highest BCUT2D eigenvalue weighted by molar-refractivity contribution is 6.30. The molecule has 0 amide bonds. The van der Waals surface area contributed by atoms with Crippen LogP contribution in [0.4, 0.5) is 4.39 Å². The highest BCUT2D eigenvalue weighted by atomic mass is 35.5. The zero-order valence-corrected chi connectivity index (χ0v) is 14.8. The minimum Gasteiger partial charge on any atom is -0.463 e. The van der Waals surface area contributed by atoms with E-state index in [-0.39, 0.29) is 17.7 Å². The Balaban J connectivity index is 2.47. The summed E-state index contributed by atoms with van der Waals surface area (Å²) in [5.41, 5.74) is -2.96. The standard InChI is InChI=1S/C18H17Cl2FO4/c1-2-25-17(24)18(21,15(22)11-3-7-13(19)8-4-11)16(23)12-5-9-14(20)10-6-12/h3-10,15-16,22-23H,2H2,1H3/t15-,16-/m1/s1. The molecular weight excluding hydrogens is 370 g/mol. The molecule has 7 heteroatoms. The van der Waals surface area contributed by atoms with E-state index < -0.39 is 23.8 Å². The van der Waals surface area contributed by atoms with Gasteiger partial charge in [0, 0.05) is 10.0 Å². The molecule has 2 aromatic carbocycles. The molecule has 2 rings (SSSR count). The topological polar surface area (TPSA) is 66.8 Å². The van der Waals surface area contributed by atoms with E-state index in [0.29, 0.717) is 10.0 Å². The summed E-state index contributed by atoms with van der Waals surface area (Å²) >= 11 is 11.6. The van der Waals surface area contributed by atoms with Gasteiger partial charge in [-0.2, -0.15) is 0 Å². The number of ether oxygens (including phenoxy) is 1. The molecule has 0 bridgehead atoms. The normalized spacial score (nSPS) is 14.0. The third-order valence-electron chi connectivity index (χ3n) is 3.76. The van der Waals surface area contributed by atoms with Crippen molar-refractivity contribution in [2.75, 3.05) is 6.61 Å². The lowest BCUT2D eigenvalue weighted by Crippen LogP contribution is -2.47. The van der Waals surface area contributed by atoms with E-state index in [9.17, 15) is 15.0 Å². The van der Waals surface area contributed by atoms with E-state index in [0.717, 1.165) is 0 Å².